The lowest BCUT2D eigenvalue weighted by atomic mass is 9.70. The summed E-state index contributed by atoms with van der Waals surface area (Å²) in [5.41, 5.74) is 0. The Morgan fingerprint density at radius 1 is 0.952 bits per heavy atom. The number of hydrogen-bond donors (Lipinski definition) is 0. The van der Waals surface area contributed by atoms with Crippen LogP contribution in [0.2, 0.25) is 0 Å². The van der Waals surface area contributed by atoms with Crippen LogP contribution in [-0.2, 0) is 4.74 Å². The summed E-state index contributed by atoms with van der Waals surface area (Å²) in [5, 5.41) is 0. The highest BCUT2D eigenvalue weighted by molar-refractivity contribution is 4.84. The van der Waals surface area contributed by atoms with E-state index in [0.29, 0.717) is 6.10 Å². The summed E-state index contributed by atoms with van der Waals surface area (Å²) in [7, 11) is 0. The molecule has 0 aromatic rings. The van der Waals surface area contributed by atoms with Gasteiger partial charge in [-0.1, -0.05) is 52.0 Å². The molecule has 0 saturated heterocycles. The van der Waals surface area contributed by atoms with Crippen LogP contribution in [0.25, 0.3) is 0 Å². The van der Waals surface area contributed by atoms with Crippen LogP contribution in [0.1, 0.15) is 90.9 Å². The van der Waals surface area contributed by atoms with E-state index >= 15 is 0 Å². The number of ether oxygens (including phenoxy) is 1. The van der Waals surface area contributed by atoms with E-state index in [-0.39, 0.29) is 0 Å². The van der Waals surface area contributed by atoms with Crippen molar-refractivity contribution < 1.29 is 4.74 Å². The van der Waals surface area contributed by atoms with Crippen LogP contribution in [-0.4, -0.2) is 6.10 Å². The molecule has 0 spiro atoms. The zero-order chi connectivity index (χ0) is 14.9. The van der Waals surface area contributed by atoms with Crippen LogP contribution >= 0.6 is 0 Å². The molecule has 2 atom stereocenters. The van der Waals surface area contributed by atoms with Crippen molar-refractivity contribution in [1.82, 2.24) is 0 Å². The highest BCUT2D eigenvalue weighted by Crippen LogP contribution is 2.41. The second-order valence-corrected chi connectivity index (χ2v) is 7.39. The molecule has 0 aliphatic heterocycles. The van der Waals surface area contributed by atoms with Crippen LogP contribution < -0.4 is 0 Å². The van der Waals surface area contributed by atoms with Gasteiger partial charge in [-0.2, -0.15) is 0 Å². The van der Waals surface area contributed by atoms with Gasteiger partial charge < -0.3 is 4.74 Å². The summed E-state index contributed by atoms with van der Waals surface area (Å²) >= 11 is 0. The molecule has 2 aliphatic carbocycles. The first-order chi connectivity index (χ1) is 10.3. The molecule has 0 aromatic heterocycles. The van der Waals surface area contributed by atoms with E-state index in [1.807, 2.05) is 6.26 Å². The lowest BCUT2D eigenvalue weighted by Gasteiger charge is -2.38. The first-order valence-electron chi connectivity index (χ1n) is 9.63. The molecular weight excluding hydrogens is 256 g/mol. The molecule has 1 heteroatoms. The molecule has 0 aromatic carbocycles. The number of rotatable bonds is 7. The predicted molar refractivity (Wildman–Crippen MR) is 91.2 cm³/mol. The maximum Gasteiger partial charge on any atom is 0.0981 e. The Morgan fingerprint density at radius 2 is 1.76 bits per heavy atom. The molecule has 122 valence electrons. The summed E-state index contributed by atoms with van der Waals surface area (Å²) in [6.45, 7) is 4.49. The van der Waals surface area contributed by atoms with Gasteiger partial charge in [0.1, 0.15) is 0 Å². The van der Waals surface area contributed by atoms with Crippen molar-refractivity contribution >= 4 is 0 Å². The first-order valence-corrected chi connectivity index (χ1v) is 9.63. The minimum atomic E-state index is 0.504. The zero-order valence-electron chi connectivity index (χ0n) is 14.4. The molecule has 0 N–H and O–H groups in total. The maximum absolute atomic E-state index is 5.94. The molecule has 1 nitrogen and oxygen atoms in total. The SMILES string of the molecule is CC/C=C/O[C@@H]1CCC[C@@H](C2CCC(CCCC)CC2)C1. The fourth-order valence-electron chi connectivity index (χ4n) is 4.44. The molecule has 2 fully saturated rings. The van der Waals surface area contributed by atoms with E-state index in [1.54, 1.807) is 0 Å². The van der Waals surface area contributed by atoms with Crippen molar-refractivity contribution in [2.75, 3.05) is 0 Å². The van der Waals surface area contributed by atoms with Crippen molar-refractivity contribution in [3.63, 3.8) is 0 Å². The van der Waals surface area contributed by atoms with Gasteiger partial charge in [0.25, 0.3) is 0 Å². The van der Waals surface area contributed by atoms with Gasteiger partial charge in [-0.15, -0.1) is 0 Å². The van der Waals surface area contributed by atoms with Crippen molar-refractivity contribution in [3.8, 4) is 0 Å². The topological polar surface area (TPSA) is 9.23 Å². The first kappa shape index (κ1) is 16.9. The van der Waals surface area contributed by atoms with Gasteiger partial charge in [-0.05, 0) is 62.7 Å². The van der Waals surface area contributed by atoms with Gasteiger partial charge in [0.05, 0.1) is 12.4 Å². The van der Waals surface area contributed by atoms with Crippen molar-refractivity contribution in [1.29, 1.82) is 0 Å². The molecule has 0 unspecified atom stereocenters. The quantitative estimate of drug-likeness (QED) is 0.488. The average molecular weight is 293 g/mol. The number of allylic oxidation sites excluding steroid dienone is 1. The summed E-state index contributed by atoms with van der Waals surface area (Å²) in [6.07, 6.45) is 21.4. The molecule has 21 heavy (non-hydrogen) atoms. The second-order valence-electron chi connectivity index (χ2n) is 7.39. The van der Waals surface area contributed by atoms with Crippen molar-refractivity contribution in [3.05, 3.63) is 12.3 Å². The highest BCUT2D eigenvalue weighted by atomic mass is 16.5. The number of hydrogen-bond acceptors (Lipinski definition) is 1. The molecule has 0 bridgehead atoms. The fraction of sp³-hybridized carbons (Fsp3) is 0.900. The van der Waals surface area contributed by atoms with E-state index in [1.165, 1.54) is 70.6 Å². The van der Waals surface area contributed by atoms with Crippen LogP contribution in [0, 0.1) is 17.8 Å². The van der Waals surface area contributed by atoms with Gasteiger partial charge >= 0.3 is 0 Å². The van der Waals surface area contributed by atoms with E-state index in [0.717, 1.165) is 24.2 Å². The molecule has 2 aliphatic rings. The van der Waals surface area contributed by atoms with E-state index in [4.69, 9.17) is 4.74 Å². The normalized spacial score (nSPS) is 34.2. The standard InChI is InChI=1S/C20H36O/c1-3-5-8-17-11-13-18(14-12-17)19-9-7-10-20(16-19)21-15-6-4-2/h6,15,17-20H,3-5,7-14,16H2,1-2H3/b15-6+/t17?,18?,19-,20-/m1/s1. The zero-order valence-corrected chi connectivity index (χ0v) is 14.4. The number of unbranched alkanes of at least 4 members (excludes halogenated alkanes) is 1. The van der Waals surface area contributed by atoms with Gasteiger partial charge in [-0.3, -0.25) is 0 Å². The Hall–Kier alpha value is -0.460. The smallest absolute Gasteiger partial charge is 0.0981 e. The Balaban J connectivity index is 1.71. The van der Waals surface area contributed by atoms with E-state index in [2.05, 4.69) is 19.9 Å². The third-order valence-corrected chi connectivity index (χ3v) is 5.79. The van der Waals surface area contributed by atoms with Crippen LogP contribution in [0.5, 0.6) is 0 Å². The third-order valence-electron chi connectivity index (χ3n) is 5.79. The van der Waals surface area contributed by atoms with Gasteiger partial charge in [0.15, 0.2) is 0 Å². The van der Waals surface area contributed by atoms with Gasteiger partial charge in [0.2, 0.25) is 0 Å². The maximum atomic E-state index is 5.94. The minimum Gasteiger partial charge on any atom is -0.498 e. The highest BCUT2D eigenvalue weighted by Gasteiger charge is 2.31. The predicted octanol–water partition coefficient (Wildman–Crippen LogP) is 6.48. The monoisotopic (exact) mass is 292 g/mol. The van der Waals surface area contributed by atoms with Crippen molar-refractivity contribution in [2.24, 2.45) is 17.8 Å². The van der Waals surface area contributed by atoms with Crippen molar-refractivity contribution in [2.45, 2.75) is 97.0 Å². The largest absolute Gasteiger partial charge is 0.498 e. The van der Waals surface area contributed by atoms with E-state index in [9.17, 15) is 0 Å². The Bertz CT molecular complexity index is 288. The summed E-state index contributed by atoms with van der Waals surface area (Å²) < 4.78 is 5.94. The Morgan fingerprint density at radius 3 is 2.48 bits per heavy atom. The van der Waals surface area contributed by atoms with Crippen LogP contribution in [0.3, 0.4) is 0 Å². The molecule has 0 heterocycles. The Kier molecular flexibility index (Phi) is 7.68. The van der Waals surface area contributed by atoms with Crippen LogP contribution in [0.15, 0.2) is 12.3 Å². The summed E-state index contributed by atoms with van der Waals surface area (Å²) in [4.78, 5) is 0. The van der Waals surface area contributed by atoms with Gasteiger partial charge in [0, 0.05) is 0 Å². The van der Waals surface area contributed by atoms with Crippen LogP contribution in [0.4, 0.5) is 0 Å². The lowest BCUT2D eigenvalue weighted by molar-refractivity contribution is 0.0510. The molecule has 2 saturated carbocycles. The average Bonchev–Trinajstić information content (AvgIpc) is 2.54. The molecule has 0 radical (unpaired) electrons. The molecular formula is C20H36O. The minimum absolute atomic E-state index is 0.504. The lowest BCUT2D eigenvalue weighted by Crippen LogP contribution is -2.29. The Labute approximate surface area is 132 Å². The summed E-state index contributed by atoms with van der Waals surface area (Å²) in [5.74, 6) is 3.00. The summed E-state index contributed by atoms with van der Waals surface area (Å²) in [6, 6.07) is 0. The molecule has 0 amide bonds. The van der Waals surface area contributed by atoms with Gasteiger partial charge in [-0.25, -0.2) is 0 Å². The molecule has 2 rings (SSSR count). The van der Waals surface area contributed by atoms with E-state index < -0.39 is 0 Å². The second kappa shape index (κ2) is 9.54. The third kappa shape index (κ3) is 5.68. The fourth-order valence-corrected chi connectivity index (χ4v) is 4.44.